The lowest BCUT2D eigenvalue weighted by atomic mass is 10.3. The van der Waals surface area contributed by atoms with Crippen LogP contribution >= 0.6 is 22.3 Å². The lowest BCUT2D eigenvalue weighted by molar-refractivity contribution is 0.610. The van der Waals surface area contributed by atoms with E-state index in [4.69, 9.17) is 22.3 Å². The Morgan fingerprint density at radius 2 is 2.14 bits per heavy atom. The molecule has 0 aliphatic heterocycles. The zero-order valence-electron chi connectivity index (χ0n) is 6.66. The number of hydrogen-bond acceptors (Lipinski definition) is 3. The SMILES string of the molecule is O=S(=O)(Cl)c1c[nH]c2cnc(Cl)cc12. The maximum absolute atomic E-state index is 11.1. The van der Waals surface area contributed by atoms with Gasteiger partial charge in [0, 0.05) is 22.3 Å². The predicted molar refractivity (Wildman–Crippen MR) is 54.1 cm³/mol. The molecule has 74 valence electrons. The van der Waals surface area contributed by atoms with Crippen molar-refractivity contribution in [1.29, 1.82) is 0 Å². The summed E-state index contributed by atoms with van der Waals surface area (Å²) < 4.78 is 22.2. The highest BCUT2D eigenvalue weighted by atomic mass is 35.7. The standard InChI is InChI=1S/C7H4Cl2N2O2S/c8-7-1-4-5(2-11-7)10-3-6(4)14(9,12)13/h1-3,10H. The van der Waals surface area contributed by atoms with Crippen molar-refractivity contribution < 1.29 is 8.42 Å². The molecular weight excluding hydrogens is 247 g/mol. The van der Waals surface area contributed by atoms with Gasteiger partial charge >= 0.3 is 0 Å². The number of nitrogens with zero attached hydrogens (tertiary/aromatic N) is 1. The summed E-state index contributed by atoms with van der Waals surface area (Å²) in [6, 6.07) is 1.45. The molecule has 0 unspecified atom stereocenters. The van der Waals surface area contributed by atoms with Gasteiger partial charge in [0.25, 0.3) is 9.05 Å². The number of pyridine rings is 1. The van der Waals surface area contributed by atoms with E-state index >= 15 is 0 Å². The minimum atomic E-state index is -3.75. The first-order valence-corrected chi connectivity index (χ1v) is 6.24. The number of H-pyrrole nitrogens is 1. The first kappa shape index (κ1) is 9.76. The van der Waals surface area contributed by atoms with Crippen LogP contribution in [0.25, 0.3) is 10.9 Å². The van der Waals surface area contributed by atoms with Crippen molar-refractivity contribution in [3.05, 3.63) is 23.6 Å². The molecule has 0 saturated heterocycles. The fourth-order valence-corrected chi connectivity index (χ4v) is 2.34. The summed E-state index contributed by atoms with van der Waals surface area (Å²) in [7, 11) is 1.47. The Labute approximate surface area is 89.3 Å². The molecule has 4 nitrogen and oxygen atoms in total. The molecule has 2 aromatic rings. The molecule has 2 heterocycles. The van der Waals surface area contributed by atoms with Gasteiger partial charge in [-0.2, -0.15) is 0 Å². The van der Waals surface area contributed by atoms with Crippen molar-refractivity contribution in [2.75, 3.05) is 0 Å². The summed E-state index contributed by atoms with van der Waals surface area (Å²) in [5.41, 5.74) is 0.577. The van der Waals surface area contributed by atoms with E-state index in [0.29, 0.717) is 10.9 Å². The topological polar surface area (TPSA) is 62.8 Å². The monoisotopic (exact) mass is 250 g/mol. The van der Waals surface area contributed by atoms with Crippen molar-refractivity contribution in [3.8, 4) is 0 Å². The number of halogens is 2. The highest BCUT2D eigenvalue weighted by molar-refractivity contribution is 8.14. The number of fused-ring (bicyclic) bond motifs is 1. The van der Waals surface area contributed by atoms with E-state index in [1.165, 1.54) is 18.5 Å². The highest BCUT2D eigenvalue weighted by Crippen LogP contribution is 2.26. The molecule has 1 N–H and O–H groups in total. The molecule has 2 aromatic heterocycles. The number of hydrogen-bond donors (Lipinski definition) is 1. The van der Waals surface area contributed by atoms with Crippen LogP contribution in [0.1, 0.15) is 0 Å². The number of nitrogens with one attached hydrogen (secondary N) is 1. The Bertz CT molecular complexity index is 591. The predicted octanol–water partition coefficient (Wildman–Crippen LogP) is 2.14. The third-order valence-electron chi connectivity index (χ3n) is 1.76. The Hall–Kier alpha value is -0.780. The third kappa shape index (κ3) is 1.58. The lowest BCUT2D eigenvalue weighted by Crippen LogP contribution is -1.87. The van der Waals surface area contributed by atoms with Gasteiger partial charge in [0.15, 0.2) is 0 Å². The molecule has 0 atom stereocenters. The summed E-state index contributed by atoms with van der Waals surface area (Å²) in [5.74, 6) is 0. The molecule has 0 fully saturated rings. The Kier molecular flexibility index (Phi) is 2.17. The first-order valence-electron chi connectivity index (χ1n) is 3.56. The second-order valence-electron chi connectivity index (χ2n) is 2.64. The number of aromatic amines is 1. The van der Waals surface area contributed by atoms with Gasteiger partial charge in [-0.05, 0) is 6.07 Å². The number of rotatable bonds is 1. The molecule has 0 aliphatic carbocycles. The molecule has 14 heavy (non-hydrogen) atoms. The van der Waals surface area contributed by atoms with Gasteiger partial charge in [0.1, 0.15) is 10.0 Å². The van der Waals surface area contributed by atoms with Crippen LogP contribution in [0.3, 0.4) is 0 Å². The van der Waals surface area contributed by atoms with Crippen molar-refractivity contribution in [2.24, 2.45) is 0 Å². The van der Waals surface area contributed by atoms with Crippen molar-refractivity contribution in [1.82, 2.24) is 9.97 Å². The average molecular weight is 251 g/mol. The van der Waals surface area contributed by atoms with E-state index in [9.17, 15) is 8.42 Å². The van der Waals surface area contributed by atoms with Crippen molar-refractivity contribution >= 4 is 42.2 Å². The normalized spacial score (nSPS) is 12.1. The smallest absolute Gasteiger partial charge is 0.263 e. The molecule has 0 bridgehead atoms. The van der Waals surface area contributed by atoms with E-state index in [1.807, 2.05) is 0 Å². The largest absolute Gasteiger partial charge is 0.359 e. The van der Waals surface area contributed by atoms with Gasteiger partial charge in [-0.3, -0.25) is 0 Å². The molecule has 0 saturated carbocycles. The average Bonchev–Trinajstić information content (AvgIpc) is 2.45. The molecule has 0 aromatic carbocycles. The van der Waals surface area contributed by atoms with Gasteiger partial charge < -0.3 is 4.98 Å². The molecule has 7 heteroatoms. The second kappa shape index (κ2) is 3.12. The first-order chi connectivity index (χ1) is 6.48. The van der Waals surface area contributed by atoms with E-state index < -0.39 is 9.05 Å². The molecular formula is C7H4Cl2N2O2S. The molecule has 0 spiro atoms. The van der Waals surface area contributed by atoms with Crippen LogP contribution in [-0.2, 0) is 9.05 Å². The maximum atomic E-state index is 11.1. The zero-order valence-corrected chi connectivity index (χ0v) is 8.99. The maximum Gasteiger partial charge on any atom is 0.263 e. The van der Waals surface area contributed by atoms with Crippen molar-refractivity contribution in [2.45, 2.75) is 4.90 Å². The van der Waals surface area contributed by atoms with E-state index in [0.717, 1.165) is 0 Å². The Morgan fingerprint density at radius 3 is 2.79 bits per heavy atom. The summed E-state index contributed by atoms with van der Waals surface area (Å²) >= 11 is 5.63. The van der Waals surface area contributed by atoms with Crippen LogP contribution < -0.4 is 0 Å². The number of aromatic nitrogens is 2. The summed E-state index contributed by atoms with van der Waals surface area (Å²) in [6.07, 6.45) is 2.76. The van der Waals surface area contributed by atoms with E-state index in [1.54, 1.807) is 0 Å². The Morgan fingerprint density at radius 1 is 1.43 bits per heavy atom. The fourth-order valence-electron chi connectivity index (χ4n) is 1.17. The molecule has 2 rings (SSSR count). The Balaban J connectivity index is 2.87. The summed E-state index contributed by atoms with van der Waals surface area (Å²) in [5, 5.41) is 0.665. The van der Waals surface area contributed by atoms with E-state index in [-0.39, 0.29) is 10.0 Å². The van der Waals surface area contributed by atoms with Gasteiger partial charge in [-0.25, -0.2) is 13.4 Å². The van der Waals surface area contributed by atoms with Crippen LogP contribution in [0.15, 0.2) is 23.4 Å². The van der Waals surface area contributed by atoms with Crippen LogP contribution in [0.5, 0.6) is 0 Å². The van der Waals surface area contributed by atoms with Crippen LogP contribution in [0.4, 0.5) is 0 Å². The van der Waals surface area contributed by atoms with Gasteiger partial charge in [0.2, 0.25) is 0 Å². The minimum absolute atomic E-state index is 0.0125. The van der Waals surface area contributed by atoms with E-state index in [2.05, 4.69) is 9.97 Å². The van der Waals surface area contributed by atoms with Crippen molar-refractivity contribution in [3.63, 3.8) is 0 Å². The van der Waals surface area contributed by atoms with Gasteiger partial charge in [0.05, 0.1) is 11.7 Å². The fraction of sp³-hybridized carbons (Fsp3) is 0. The third-order valence-corrected chi connectivity index (χ3v) is 3.33. The van der Waals surface area contributed by atoms with Crippen LogP contribution in [0.2, 0.25) is 5.15 Å². The molecule has 0 amide bonds. The molecule has 0 radical (unpaired) electrons. The zero-order chi connectivity index (χ0) is 10.3. The second-order valence-corrected chi connectivity index (χ2v) is 5.56. The molecule has 0 aliphatic rings. The lowest BCUT2D eigenvalue weighted by Gasteiger charge is -1.93. The van der Waals surface area contributed by atoms with Gasteiger partial charge in [-0.1, -0.05) is 11.6 Å². The van der Waals surface area contributed by atoms with Gasteiger partial charge in [-0.15, -0.1) is 0 Å². The minimum Gasteiger partial charge on any atom is -0.359 e. The quantitative estimate of drug-likeness (QED) is 0.623. The highest BCUT2D eigenvalue weighted by Gasteiger charge is 2.16. The van der Waals surface area contributed by atoms with Crippen LogP contribution in [0, 0.1) is 0 Å². The summed E-state index contributed by atoms with van der Waals surface area (Å²) in [6.45, 7) is 0. The van der Waals surface area contributed by atoms with Crippen LogP contribution in [-0.4, -0.2) is 18.4 Å². The summed E-state index contributed by atoms with van der Waals surface area (Å²) in [4.78, 5) is 6.55.